The van der Waals surface area contributed by atoms with E-state index >= 15 is 0 Å². The summed E-state index contributed by atoms with van der Waals surface area (Å²) in [6, 6.07) is 6.91. The van der Waals surface area contributed by atoms with Crippen molar-refractivity contribution < 1.29 is 0 Å². The summed E-state index contributed by atoms with van der Waals surface area (Å²) >= 11 is 0. The molecule has 0 aliphatic heterocycles. The Hall–Kier alpha value is -1.54. The molecule has 1 unspecified atom stereocenters. The van der Waals surface area contributed by atoms with Gasteiger partial charge in [0.05, 0.1) is 5.69 Å². The third-order valence-corrected chi connectivity index (χ3v) is 4.72. The molecule has 0 saturated carbocycles. The van der Waals surface area contributed by atoms with Crippen LogP contribution in [0.2, 0.25) is 0 Å². The summed E-state index contributed by atoms with van der Waals surface area (Å²) in [6.07, 6.45) is 4.36. The van der Waals surface area contributed by atoms with E-state index in [9.17, 15) is 0 Å². The summed E-state index contributed by atoms with van der Waals surface area (Å²) in [5, 5.41) is 0. The van der Waals surface area contributed by atoms with Crippen molar-refractivity contribution >= 4 is 0 Å². The number of hydrogen-bond acceptors (Lipinski definition) is 1. The topological polar surface area (TPSA) is 30.9 Å². The number of aromatic nitrogens is 1. The maximum Gasteiger partial charge on any atom is 0.0510 e. The largest absolute Gasteiger partial charge is 0.324 e. The van der Waals surface area contributed by atoms with Crippen LogP contribution in [-0.2, 0) is 6.42 Å². The van der Waals surface area contributed by atoms with E-state index in [2.05, 4.69) is 63.6 Å². The van der Waals surface area contributed by atoms with Gasteiger partial charge in [-0.05, 0) is 61.8 Å². The van der Waals surface area contributed by atoms with Crippen LogP contribution in [0.25, 0.3) is 5.69 Å². The highest BCUT2D eigenvalue weighted by Gasteiger charge is 2.32. The van der Waals surface area contributed by atoms with Crippen LogP contribution in [0.4, 0.5) is 0 Å². The van der Waals surface area contributed by atoms with E-state index < -0.39 is 0 Å². The predicted octanol–water partition coefficient (Wildman–Crippen LogP) is 4.37. The van der Waals surface area contributed by atoms with Gasteiger partial charge in [0.1, 0.15) is 0 Å². The molecule has 3 rings (SSSR count). The molecule has 2 heteroatoms. The second-order valence-corrected chi connectivity index (χ2v) is 7.49. The second-order valence-electron chi connectivity index (χ2n) is 7.49. The van der Waals surface area contributed by atoms with Gasteiger partial charge in [0.25, 0.3) is 0 Å². The summed E-state index contributed by atoms with van der Waals surface area (Å²) in [4.78, 5) is 0. The molecule has 1 atom stereocenters. The zero-order valence-electron chi connectivity index (χ0n) is 13.8. The minimum Gasteiger partial charge on any atom is -0.324 e. The molecule has 0 spiro atoms. The van der Waals surface area contributed by atoms with E-state index in [4.69, 9.17) is 5.73 Å². The number of fused-ring (bicyclic) bond motifs is 1. The van der Waals surface area contributed by atoms with Crippen molar-refractivity contribution in [3.8, 4) is 5.69 Å². The molecule has 0 radical (unpaired) electrons. The normalized spacial score (nSPS) is 20.4. The van der Waals surface area contributed by atoms with Gasteiger partial charge >= 0.3 is 0 Å². The van der Waals surface area contributed by atoms with E-state index in [1.807, 2.05) is 0 Å². The maximum atomic E-state index is 6.40. The van der Waals surface area contributed by atoms with Crippen LogP contribution in [0.5, 0.6) is 0 Å². The standard InChI is InChI=1S/C19H26N2/c1-12-8-13(2)18(14(3)9-12)21-7-6-15-16(20)10-19(4,5)11-17(15)21/h6-9,16H,10-11,20H2,1-5H3. The molecule has 0 amide bonds. The van der Waals surface area contributed by atoms with E-state index in [0.717, 1.165) is 12.8 Å². The van der Waals surface area contributed by atoms with Gasteiger partial charge in [-0.1, -0.05) is 31.5 Å². The van der Waals surface area contributed by atoms with E-state index in [1.54, 1.807) is 0 Å². The number of nitrogens with two attached hydrogens (primary N) is 1. The first-order valence-electron chi connectivity index (χ1n) is 7.82. The molecule has 1 heterocycles. The van der Waals surface area contributed by atoms with Crippen LogP contribution in [0.15, 0.2) is 24.4 Å². The second kappa shape index (κ2) is 4.74. The Bertz CT molecular complexity index is 669. The van der Waals surface area contributed by atoms with Crippen LogP contribution in [-0.4, -0.2) is 4.57 Å². The number of aryl methyl sites for hydroxylation is 3. The minimum absolute atomic E-state index is 0.163. The molecular weight excluding hydrogens is 256 g/mol. The highest BCUT2D eigenvalue weighted by molar-refractivity contribution is 5.52. The molecule has 112 valence electrons. The van der Waals surface area contributed by atoms with Gasteiger partial charge in [-0.25, -0.2) is 0 Å². The molecule has 1 aliphatic carbocycles. The van der Waals surface area contributed by atoms with Crippen LogP contribution in [0, 0.1) is 26.2 Å². The van der Waals surface area contributed by atoms with Crippen molar-refractivity contribution in [3.63, 3.8) is 0 Å². The molecule has 0 fully saturated rings. The van der Waals surface area contributed by atoms with Gasteiger partial charge in [-0.3, -0.25) is 0 Å². The fourth-order valence-electron chi connectivity index (χ4n) is 4.00. The zero-order valence-corrected chi connectivity index (χ0v) is 13.8. The fourth-order valence-corrected chi connectivity index (χ4v) is 4.00. The van der Waals surface area contributed by atoms with Gasteiger partial charge < -0.3 is 10.3 Å². The van der Waals surface area contributed by atoms with Crippen LogP contribution in [0.3, 0.4) is 0 Å². The first-order chi connectivity index (χ1) is 9.78. The first-order valence-corrected chi connectivity index (χ1v) is 7.82. The minimum atomic E-state index is 0.163. The van der Waals surface area contributed by atoms with Crippen LogP contribution >= 0.6 is 0 Å². The van der Waals surface area contributed by atoms with Crippen LogP contribution in [0.1, 0.15) is 54.3 Å². The summed E-state index contributed by atoms with van der Waals surface area (Å²) in [5.41, 5.74) is 14.7. The molecule has 1 aliphatic rings. The molecule has 0 saturated heterocycles. The third-order valence-electron chi connectivity index (χ3n) is 4.72. The summed E-state index contributed by atoms with van der Waals surface area (Å²) < 4.78 is 2.38. The average Bonchev–Trinajstić information content (AvgIpc) is 2.70. The number of benzene rings is 1. The number of nitrogens with zero attached hydrogens (tertiary/aromatic N) is 1. The molecule has 0 bridgehead atoms. The Kier molecular flexibility index (Phi) is 3.25. The highest BCUT2D eigenvalue weighted by atomic mass is 15.0. The van der Waals surface area contributed by atoms with Crippen LogP contribution < -0.4 is 5.73 Å². The van der Waals surface area contributed by atoms with Crippen molar-refractivity contribution in [3.05, 3.63) is 52.3 Å². The fraction of sp³-hybridized carbons (Fsp3) is 0.474. The molecule has 2 N–H and O–H groups in total. The van der Waals surface area contributed by atoms with Crippen molar-refractivity contribution in [2.75, 3.05) is 0 Å². The summed E-state index contributed by atoms with van der Waals surface area (Å²) in [7, 11) is 0. The van der Waals surface area contributed by atoms with E-state index in [0.29, 0.717) is 0 Å². The Morgan fingerprint density at radius 2 is 1.76 bits per heavy atom. The van der Waals surface area contributed by atoms with Gasteiger partial charge in [0.15, 0.2) is 0 Å². The zero-order chi connectivity index (χ0) is 15.4. The molecule has 21 heavy (non-hydrogen) atoms. The predicted molar refractivity (Wildman–Crippen MR) is 89.0 cm³/mol. The maximum absolute atomic E-state index is 6.40. The van der Waals surface area contributed by atoms with Gasteiger partial charge in [-0.15, -0.1) is 0 Å². The Labute approximate surface area is 128 Å². The third kappa shape index (κ3) is 2.42. The molecule has 2 aromatic rings. The van der Waals surface area contributed by atoms with Crippen molar-refractivity contribution in [2.45, 2.75) is 53.5 Å². The van der Waals surface area contributed by atoms with Gasteiger partial charge in [-0.2, -0.15) is 0 Å². The smallest absolute Gasteiger partial charge is 0.0510 e. The lowest BCUT2D eigenvalue weighted by Gasteiger charge is -2.35. The SMILES string of the molecule is Cc1cc(C)c(-n2ccc3c2CC(C)(C)CC3N)c(C)c1. The molecule has 2 nitrogen and oxygen atoms in total. The lowest BCUT2D eigenvalue weighted by molar-refractivity contribution is 0.278. The van der Waals surface area contributed by atoms with E-state index in [1.165, 1.54) is 33.6 Å². The Morgan fingerprint density at radius 3 is 2.38 bits per heavy atom. The summed E-state index contributed by atoms with van der Waals surface area (Å²) in [5.74, 6) is 0. The van der Waals surface area contributed by atoms with Gasteiger partial charge in [0, 0.05) is 17.9 Å². The Balaban J connectivity index is 2.19. The molecule has 1 aromatic carbocycles. The van der Waals surface area contributed by atoms with Crippen molar-refractivity contribution in [1.82, 2.24) is 4.57 Å². The van der Waals surface area contributed by atoms with Gasteiger partial charge in [0.2, 0.25) is 0 Å². The Morgan fingerprint density at radius 1 is 1.14 bits per heavy atom. The monoisotopic (exact) mass is 282 g/mol. The number of hydrogen-bond donors (Lipinski definition) is 1. The average molecular weight is 282 g/mol. The molecule has 1 aromatic heterocycles. The van der Waals surface area contributed by atoms with E-state index in [-0.39, 0.29) is 11.5 Å². The molecular formula is C19H26N2. The first kappa shape index (κ1) is 14.4. The number of rotatable bonds is 1. The lowest BCUT2D eigenvalue weighted by atomic mass is 9.74. The lowest BCUT2D eigenvalue weighted by Crippen LogP contribution is -2.30. The highest BCUT2D eigenvalue weighted by Crippen LogP contribution is 2.41. The quantitative estimate of drug-likeness (QED) is 0.827. The summed E-state index contributed by atoms with van der Waals surface area (Å²) in [6.45, 7) is 11.2. The van der Waals surface area contributed by atoms with Crippen molar-refractivity contribution in [2.24, 2.45) is 11.1 Å². The van der Waals surface area contributed by atoms with Crippen molar-refractivity contribution in [1.29, 1.82) is 0 Å².